The number of benzene rings is 1. The summed E-state index contributed by atoms with van der Waals surface area (Å²) in [4.78, 5) is 13.8. The molecule has 4 heteroatoms. The maximum atomic E-state index is 11.5. The van der Waals surface area contributed by atoms with Crippen molar-refractivity contribution in [1.82, 2.24) is 0 Å². The Labute approximate surface area is 107 Å². The number of fused-ring (bicyclic) bond motifs is 1. The third-order valence-electron chi connectivity index (χ3n) is 4.11. The average Bonchev–Trinajstić information content (AvgIpc) is 2.59. The van der Waals surface area contributed by atoms with Crippen molar-refractivity contribution in [3.05, 3.63) is 23.8 Å². The van der Waals surface area contributed by atoms with Crippen LogP contribution in [0.1, 0.15) is 30.9 Å². The topological polar surface area (TPSA) is 58.4 Å². The smallest absolute Gasteiger partial charge is 0.245 e. The highest BCUT2D eigenvalue weighted by atomic mass is 16.2. The standard InChI is InChI=1S/C14H19N3O/c1-17(8-9-3-2-4-9)10-5-6-11-12(7-10)16-14(18)13(11)15/h5-7,9,13H,2-4,8,15H2,1H3,(H,16,18). The van der Waals surface area contributed by atoms with Gasteiger partial charge in [-0.3, -0.25) is 4.79 Å². The second kappa shape index (κ2) is 4.28. The lowest BCUT2D eigenvalue weighted by Crippen LogP contribution is -2.29. The van der Waals surface area contributed by atoms with Gasteiger partial charge in [-0.25, -0.2) is 0 Å². The van der Waals surface area contributed by atoms with E-state index in [1.807, 2.05) is 12.1 Å². The summed E-state index contributed by atoms with van der Waals surface area (Å²) in [5.41, 5.74) is 8.72. The van der Waals surface area contributed by atoms with Crippen LogP contribution in [-0.2, 0) is 4.79 Å². The summed E-state index contributed by atoms with van der Waals surface area (Å²) in [5, 5.41) is 2.83. The molecule has 1 aromatic rings. The van der Waals surface area contributed by atoms with E-state index in [1.54, 1.807) is 0 Å². The van der Waals surface area contributed by atoms with Crippen molar-refractivity contribution < 1.29 is 4.79 Å². The van der Waals surface area contributed by atoms with Gasteiger partial charge < -0.3 is 16.0 Å². The summed E-state index contributed by atoms with van der Waals surface area (Å²) in [6, 6.07) is 5.53. The fourth-order valence-electron chi connectivity index (χ4n) is 2.68. The largest absolute Gasteiger partial charge is 0.374 e. The molecule has 0 saturated heterocycles. The zero-order valence-electron chi connectivity index (χ0n) is 10.6. The van der Waals surface area contributed by atoms with Crippen molar-refractivity contribution in [2.24, 2.45) is 11.7 Å². The third kappa shape index (κ3) is 1.86. The lowest BCUT2D eigenvalue weighted by Gasteiger charge is -2.31. The molecule has 1 aliphatic heterocycles. The quantitative estimate of drug-likeness (QED) is 0.854. The van der Waals surface area contributed by atoms with Crippen LogP contribution in [0, 0.1) is 5.92 Å². The van der Waals surface area contributed by atoms with Gasteiger partial charge in [0.15, 0.2) is 0 Å². The van der Waals surface area contributed by atoms with Gasteiger partial charge in [0.2, 0.25) is 5.91 Å². The van der Waals surface area contributed by atoms with E-state index < -0.39 is 6.04 Å². The van der Waals surface area contributed by atoms with Gasteiger partial charge in [-0.05, 0) is 30.9 Å². The second-order valence-corrected chi connectivity index (χ2v) is 5.42. The van der Waals surface area contributed by atoms with Gasteiger partial charge in [0.25, 0.3) is 0 Å². The zero-order valence-corrected chi connectivity index (χ0v) is 10.6. The van der Waals surface area contributed by atoms with Crippen LogP contribution in [0.4, 0.5) is 11.4 Å². The number of hydrogen-bond acceptors (Lipinski definition) is 3. The second-order valence-electron chi connectivity index (χ2n) is 5.42. The first kappa shape index (κ1) is 11.5. The Bertz CT molecular complexity index is 482. The summed E-state index contributed by atoms with van der Waals surface area (Å²) in [5.74, 6) is 0.726. The zero-order chi connectivity index (χ0) is 12.7. The lowest BCUT2D eigenvalue weighted by atomic mass is 9.85. The van der Waals surface area contributed by atoms with E-state index in [0.717, 1.165) is 29.4 Å². The fraction of sp³-hybridized carbons (Fsp3) is 0.500. The normalized spacial score (nSPS) is 22.3. The molecular formula is C14H19N3O. The summed E-state index contributed by atoms with van der Waals surface area (Å²) in [7, 11) is 2.11. The van der Waals surface area contributed by atoms with Crippen LogP contribution < -0.4 is 16.0 Å². The van der Waals surface area contributed by atoms with Crippen molar-refractivity contribution in [2.45, 2.75) is 25.3 Å². The Morgan fingerprint density at radius 2 is 2.22 bits per heavy atom. The van der Waals surface area contributed by atoms with Crippen LogP contribution in [0.5, 0.6) is 0 Å². The van der Waals surface area contributed by atoms with Gasteiger partial charge in [0.05, 0.1) is 0 Å². The van der Waals surface area contributed by atoms with Crippen LogP contribution in [-0.4, -0.2) is 19.5 Å². The molecule has 3 rings (SSSR count). The summed E-state index contributed by atoms with van der Waals surface area (Å²) in [6.45, 7) is 1.10. The van der Waals surface area contributed by atoms with Crippen molar-refractivity contribution in [1.29, 1.82) is 0 Å². The van der Waals surface area contributed by atoms with E-state index in [4.69, 9.17) is 5.73 Å². The van der Waals surface area contributed by atoms with E-state index in [0.29, 0.717) is 0 Å². The molecule has 0 radical (unpaired) electrons. The molecule has 0 aromatic heterocycles. The van der Waals surface area contributed by atoms with Crippen LogP contribution >= 0.6 is 0 Å². The van der Waals surface area contributed by atoms with Gasteiger partial charge in [-0.1, -0.05) is 12.5 Å². The van der Waals surface area contributed by atoms with Crippen molar-refractivity contribution in [3.8, 4) is 0 Å². The molecular weight excluding hydrogens is 226 g/mol. The fourth-order valence-corrected chi connectivity index (χ4v) is 2.68. The molecule has 1 saturated carbocycles. The molecule has 4 nitrogen and oxygen atoms in total. The molecule has 1 amide bonds. The van der Waals surface area contributed by atoms with Crippen LogP contribution in [0.2, 0.25) is 0 Å². The first-order valence-electron chi connectivity index (χ1n) is 6.56. The Kier molecular flexibility index (Phi) is 2.74. The summed E-state index contributed by atoms with van der Waals surface area (Å²) < 4.78 is 0. The predicted octanol–water partition coefficient (Wildman–Crippen LogP) is 1.87. The molecule has 0 bridgehead atoms. The molecule has 1 fully saturated rings. The number of rotatable bonds is 3. The monoisotopic (exact) mass is 245 g/mol. The average molecular weight is 245 g/mol. The van der Waals surface area contributed by atoms with E-state index in [2.05, 4.69) is 23.3 Å². The van der Waals surface area contributed by atoms with Gasteiger partial charge in [-0.2, -0.15) is 0 Å². The number of nitrogens with one attached hydrogen (secondary N) is 1. The van der Waals surface area contributed by atoms with Gasteiger partial charge >= 0.3 is 0 Å². The number of carbonyl (C=O) groups excluding carboxylic acids is 1. The molecule has 1 heterocycles. The van der Waals surface area contributed by atoms with Gasteiger partial charge in [-0.15, -0.1) is 0 Å². The molecule has 2 aliphatic rings. The first-order chi connectivity index (χ1) is 8.65. The van der Waals surface area contributed by atoms with Crippen molar-refractivity contribution in [3.63, 3.8) is 0 Å². The maximum absolute atomic E-state index is 11.5. The van der Waals surface area contributed by atoms with Crippen LogP contribution in [0.25, 0.3) is 0 Å². The minimum absolute atomic E-state index is 0.108. The number of carbonyl (C=O) groups is 1. The minimum atomic E-state index is -0.508. The Balaban J connectivity index is 1.78. The van der Waals surface area contributed by atoms with E-state index >= 15 is 0 Å². The van der Waals surface area contributed by atoms with E-state index in [-0.39, 0.29) is 5.91 Å². The third-order valence-corrected chi connectivity index (χ3v) is 4.11. The van der Waals surface area contributed by atoms with E-state index in [9.17, 15) is 4.79 Å². The van der Waals surface area contributed by atoms with Crippen molar-refractivity contribution >= 4 is 17.3 Å². The SMILES string of the molecule is CN(CC1CCC1)c1ccc2c(c1)NC(=O)C2N. The number of nitrogens with zero attached hydrogens (tertiary/aromatic N) is 1. The molecule has 1 aromatic carbocycles. The number of nitrogens with two attached hydrogens (primary N) is 1. The molecule has 96 valence electrons. The Hall–Kier alpha value is -1.55. The highest BCUT2D eigenvalue weighted by Crippen LogP contribution is 2.34. The molecule has 0 spiro atoms. The maximum Gasteiger partial charge on any atom is 0.245 e. The molecule has 18 heavy (non-hydrogen) atoms. The summed E-state index contributed by atoms with van der Waals surface area (Å²) in [6.07, 6.45) is 4.06. The van der Waals surface area contributed by atoms with Crippen molar-refractivity contribution in [2.75, 3.05) is 23.8 Å². The Morgan fingerprint density at radius 3 is 2.89 bits per heavy atom. The van der Waals surface area contributed by atoms with Gasteiger partial charge in [0, 0.05) is 30.5 Å². The Morgan fingerprint density at radius 1 is 1.44 bits per heavy atom. The highest BCUT2D eigenvalue weighted by molar-refractivity contribution is 6.02. The van der Waals surface area contributed by atoms with E-state index in [1.165, 1.54) is 19.3 Å². The number of hydrogen-bond donors (Lipinski definition) is 2. The summed E-state index contributed by atoms with van der Waals surface area (Å²) >= 11 is 0. The highest BCUT2D eigenvalue weighted by Gasteiger charge is 2.27. The molecule has 1 aliphatic carbocycles. The number of amides is 1. The predicted molar refractivity (Wildman–Crippen MR) is 72.6 cm³/mol. The molecule has 1 atom stereocenters. The van der Waals surface area contributed by atoms with Crippen LogP contribution in [0.3, 0.4) is 0 Å². The van der Waals surface area contributed by atoms with Crippen LogP contribution in [0.15, 0.2) is 18.2 Å². The number of anilines is 2. The minimum Gasteiger partial charge on any atom is -0.374 e. The lowest BCUT2D eigenvalue weighted by molar-refractivity contribution is -0.116. The molecule has 1 unspecified atom stereocenters. The molecule has 3 N–H and O–H groups in total. The van der Waals surface area contributed by atoms with Gasteiger partial charge in [0.1, 0.15) is 6.04 Å². The first-order valence-corrected chi connectivity index (χ1v) is 6.56.